The number of methoxy groups -OCH3 is 2. The van der Waals surface area contributed by atoms with E-state index in [0.717, 1.165) is 47.0 Å². The van der Waals surface area contributed by atoms with Gasteiger partial charge in [-0.15, -0.1) is 0 Å². The van der Waals surface area contributed by atoms with Crippen LogP contribution in [0.1, 0.15) is 120 Å². The topological polar surface area (TPSA) is 175 Å². The predicted molar refractivity (Wildman–Crippen MR) is 257 cm³/mol. The lowest BCUT2D eigenvalue weighted by Crippen LogP contribution is -2.51. The number of likely N-dealkylation sites (tertiary alicyclic amines) is 2. The molecule has 4 aliphatic rings. The average Bonchev–Trinajstić information content (AvgIpc) is 4.21. The van der Waals surface area contributed by atoms with Crippen LogP contribution in [0, 0.1) is 23.7 Å². The first-order chi connectivity index (χ1) is 32.2. The molecule has 3 aromatic carbocycles. The van der Waals surface area contributed by atoms with Gasteiger partial charge in [0, 0.05) is 13.1 Å². The van der Waals surface area contributed by atoms with Crippen molar-refractivity contribution in [2.75, 3.05) is 27.3 Å². The zero-order valence-electron chi connectivity index (χ0n) is 39.9. The van der Waals surface area contributed by atoms with E-state index in [1.807, 2.05) is 49.9 Å². The average molecular weight is 909 g/mol. The van der Waals surface area contributed by atoms with Crippen molar-refractivity contribution >= 4 is 24.0 Å². The predicted octanol–water partition coefficient (Wildman–Crippen LogP) is 9.75. The van der Waals surface area contributed by atoms with Crippen molar-refractivity contribution in [2.45, 2.75) is 110 Å². The largest absolute Gasteiger partial charge is 0.453 e. The number of H-pyrrole nitrogens is 2. The van der Waals surface area contributed by atoms with Gasteiger partial charge < -0.3 is 39.9 Å². The molecule has 2 aliphatic heterocycles. The minimum atomic E-state index is -0.695. The van der Waals surface area contributed by atoms with Crippen LogP contribution in [-0.4, -0.2) is 93.1 Å². The highest BCUT2D eigenvalue weighted by Gasteiger charge is 2.43. The third-order valence-corrected chi connectivity index (χ3v) is 14.7. The molecule has 14 nitrogen and oxygen atoms in total. The number of aromatic nitrogens is 4. The number of imidazole rings is 2. The number of nitrogens with one attached hydrogen (secondary N) is 4. The molecule has 2 aliphatic carbocycles. The van der Waals surface area contributed by atoms with Crippen molar-refractivity contribution in [2.24, 2.45) is 23.7 Å². The van der Waals surface area contributed by atoms with E-state index in [-0.39, 0.29) is 47.6 Å². The highest BCUT2D eigenvalue weighted by molar-refractivity contribution is 5.88. The van der Waals surface area contributed by atoms with Gasteiger partial charge in [-0.3, -0.25) is 9.59 Å². The molecule has 0 spiro atoms. The molecular weight excluding hydrogens is 845 g/mol. The van der Waals surface area contributed by atoms with Crippen LogP contribution in [0.2, 0.25) is 0 Å². The van der Waals surface area contributed by atoms with Crippen LogP contribution in [0.4, 0.5) is 9.59 Å². The summed E-state index contributed by atoms with van der Waals surface area (Å²) in [5, 5.41) is 5.48. The number of hydrogen-bond donors (Lipinski definition) is 4. The number of rotatable bonds is 12. The molecule has 9 rings (SSSR count). The number of carbonyl (C=O) groups is 4. The monoisotopic (exact) mass is 908 g/mol. The van der Waals surface area contributed by atoms with Crippen molar-refractivity contribution in [1.82, 2.24) is 40.4 Å². The lowest BCUT2D eigenvalue weighted by Gasteiger charge is -2.30. The molecule has 352 valence electrons. The Labute approximate surface area is 393 Å². The molecule has 4 N–H and O–H groups in total. The minimum Gasteiger partial charge on any atom is -0.453 e. The fraction of sp³-hybridized carbons (Fsp3) is 0.472. The molecule has 2 unspecified atom stereocenters. The Morgan fingerprint density at radius 2 is 0.955 bits per heavy atom. The van der Waals surface area contributed by atoms with Crippen LogP contribution < -0.4 is 10.6 Å². The molecule has 5 aromatic rings. The van der Waals surface area contributed by atoms with Crippen molar-refractivity contribution in [1.29, 1.82) is 0 Å². The van der Waals surface area contributed by atoms with Crippen molar-refractivity contribution in [3.05, 3.63) is 95.8 Å². The molecule has 1 saturated carbocycles. The van der Waals surface area contributed by atoms with Gasteiger partial charge in [-0.1, -0.05) is 102 Å². The van der Waals surface area contributed by atoms with Crippen molar-refractivity contribution in [3.8, 4) is 44.8 Å². The first-order valence-corrected chi connectivity index (χ1v) is 24.0. The third kappa shape index (κ3) is 8.82. The smallest absolute Gasteiger partial charge is 0.407 e. The van der Waals surface area contributed by atoms with Crippen molar-refractivity contribution < 1.29 is 28.7 Å². The number of ether oxygens (including phenoxy) is 2. The van der Waals surface area contributed by atoms with E-state index in [9.17, 15) is 19.2 Å². The Kier molecular flexibility index (Phi) is 12.7. The summed E-state index contributed by atoms with van der Waals surface area (Å²) in [4.78, 5) is 72.3. The number of fused-ring (bicyclic) bond motifs is 5. The van der Waals surface area contributed by atoms with Gasteiger partial charge in [0.05, 0.1) is 50.1 Å². The quantitative estimate of drug-likeness (QED) is 0.0957. The van der Waals surface area contributed by atoms with Gasteiger partial charge in [0.15, 0.2) is 0 Å². The molecule has 2 saturated heterocycles. The summed E-state index contributed by atoms with van der Waals surface area (Å²) in [6.45, 7) is 13.1. The Hall–Kier alpha value is -6.44. The Bertz CT molecular complexity index is 2460. The number of alkyl carbamates (subject to hydrolysis) is 2. The summed E-state index contributed by atoms with van der Waals surface area (Å²) >= 11 is 0. The van der Waals surface area contributed by atoms with Gasteiger partial charge in [-0.25, -0.2) is 19.6 Å². The molecule has 3 fully saturated rings. The third-order valence-electron chi connectivity index (χ3n) is 14.7. The zero-order chi connectivity index (χ0) is 47.3. The molecular formula is C53H64N8O6. The van der Waals surface area contributed by atoms with E-state index in [1.54, 1.807) is 0 Å². The molecule has 0 radical (unpaired) electrons. The van der Waals surface area contributed by atoms with Gasteiger partial charge in [-0.2, -0.15) is 0 Å². The first kappa shape index (κ1) is 45.7. The van der Waals surface area contributed by atoms with Crippen LogP contribution in [0.15, 0.2) is 73.1 Å². The summed E-state index contributed by atoms with van der Waals surface area (Å²) in [6, 6.07) is 20.3. The van der Waals surface area contributed by atoms with Crippen LogP contribution in [0.25, 0.3) is 44.8 Å². The maximum Gasteiger partial charge on any atom is 0.407 e. The number of aromatic amines is 2. The second-order valence-corrected chi connectivity index (χ2v) is 20.1. The standard InChI is InChI=1S/C53H64N8O6/c1-28(2)46(58-52(64)66-7)50(62)60-26-30(5)21-42(60)48-54-24-40(56-48)34-13-9-32(10-14-34)38-19-20-39(45-37-18-17-36(23-37)44(38)45)33-11-15-35(16-12-33)41-25-55-49(57-41)43-22-31(6)27-61(43)51(63)47(29(3)4)59-53(65)67-8/h9-16,19-20,24-25,28-31,36-37,42-43,46-47H,17-18,21-23,26-27H2,1-8H3,(H,54,56)(H,55,57)(H,58,64)(H,59,65)/t30-,31-,36?,37?,42+,43+,46+,47+/m1/s1. The van der Waals surface area contributed by atoms with Crippen LogP contribution in [0.5, 0.6) is 0 Å². The molecule has 4 amide bonds. The summed E-state index contributed by atoms with van der Waals surface area (Å²) in [6.07, 6.45) is 7.65. The Morgan fingerprint density at radius 3 is 1.31 bits per heavy atom. The van der Waals surface area contributed by atoms with E-state index in [0.29, 0.717) is 24.9 Å². The SMILES string of the molecule is COC(=O)N[C@H](C(=O)N1C[C@H](C)C[C@H]1c1ncc(-c2ccc(-c3ccc(-c4ccc(-c5cnc([C@@H]6C[C@@H](C)CN6C(=O)[C@@H](NC(=O)OC)C(C)C)[nH]5)cc4)c4c3C3CCC4C3)cc2)[nH]1)C(C)C. The summed E-state index contributed by atoms with van der Waals surface area (Å²) in [7, 11) is 2.61. The molecule has 4 heterocycles. The zero-order valence-corrected chi connectivity index (χ0v) is 39.9. The maximum absolute atomic E-state index is 13.8. The fourth-order valence-electron chi connectivity index (χ4n) is 11.3. The Morgan fingerprint density at radius 1 is 0.582 bits per heavy atom. The minimum absolute atomic E-state index is 0.110. The van der Waals surface area contributed by atoms with Gasteiger partial charge in [0.25, 0.3) is 0 Å². The normalized spacial score (nSPS) is 22.8. The van der Waals surface area contributed by atoms with E-state index >= 15 is 0 Å². The lowest BCUT2D eigenvalue weighted by atomic mass is 9.81. The van der Waals surface area contributed by atoms with Gasteiger partial charge >= 0.3 is 12.2 Å². The number of carbonyl (C=O) groups excluding carboxylic acids is 4. The van der Waals surface area contributed by atoms with Gasteiger partial charge in [0.2, 0.25) is 11.8 Å². The second kappa shape index (κ2) is 18.7. The van der Waals surface area contributed by atoms with E-state index < -0.39 is 24.3 Å². The lowest BCUT2D eigenvalue weighted by molar-refractivity contribution is -0.136. The second-order valence-electron chi connectivity index (χ2n) is 20.1. The van der Waals surface area contributed by atoms with Crippen LogP contribution >= 0.6 is 0 Å². The number of nitrogens with zero attached hydrogens (tertiary/aromatic N) is 4. The van der Waals surface area contributed by atoms with Gasteiger partial charge in [-0.05, 0) is 112 Å². The van der Waals surface area contributed by atoms with Gasteiger partial charge in [0.1, 0.15) is 23.7 Å². The molecule has 2 bridgehead atoms. The summed E-state index contributed by atoms with van der Waals surface area (Å²) < 4.78 is 9.64. The highest BCUT2D eigenvalue weighted by atomic mass is 16.5. The Balaban J connectivity index is 0.919. The van der Waals surface area contributed by atoms with E-state index in [4.69, 9.17) is 19.4 Å². The fourth-order valence-corrected chi connectivity index (χ4v) is 11.3. The summed E-state index contributed by atoms with van der Waals surface area (Å²) in [5.41, 5.74) is 11.8. The maximum atomic E-state index is 13.8. The first-order valence-electron chi connectivity index (χ1n) is 24.0. The number of hydrogen-bond acceptors (Lipinski definition) is 8. The highest BCUT2D eigenvalue weighted by Crippen LogP contribution is 2.58. The number of amides is 4. The molecule has 67 heavy (non-hydrogen) atoms. The van der Waals surface area contributed by atoms with Crippen LogP contribution in [-0.2, 0) is 19.1 Å². The number of benzene rings is 3. The molecule has 14 heteroatoms. The van der Waals surface area contributed by atoms with E-state index in [2.05, 4.69) is 95.1 Å². The molecule has 8 atom stereocenters. The molecule has 2 aromatic heterocycles. The summed E-state index contributed by atoms with van der Waals surface area (Å²) in [5.74, 6) is 2.67. The van der Waals surface area contributed by atoms with E-state index in [1.165, 1.54) is 66.9 Å². The van der Waals surface area contributed by atoms with Crippen LogP contribution in [0.3, 0.4) is 0 Å². The van der Waals surface area contributed by atoms with Crippen molar-refractivity contribution in [3.63, 3.8) is 0 Å².